The third kappa shape index (κ3) is 8.91. The van der Waals surface area contributed by atoms with E-state index in [1.54, 1.807) is 25.7 Å². The van der Waals surface area contributed by atoms with Crippen LogP contribution in [0.25, 0.3) is 0 Å². The molecule has 5 amide bonds. The predicted molar refractivity (Wildman–Crippen MR) is 189 cm³/mol. The van der Waals surface area contributed by atoms with Gasteiger partial charge in [-0.05, 0) is 75.5 Å². The van der Waals surface area contributed by atoms with Crippen molar-refractivity contribution in [3.8, 4) is 0 Å². The summed E-state index contributed by atoms with van der Waals surface area (Å²) in [6.07, 6.45) is 5.88. The van der Waals surface area contributed by atoms with Crippen LogP contribution < -0.4 is 21.3 Å². The first-order chi connectivity index (χ1) is 22.5. The summed E-state index contributed by atoms with van der Waals surface area (Å²) < 4.78 is 25.6. The Morgan fingerprint density at radius 3 is 2.10 bits per heavy atom. The maximum absolute atomic E-state index is 14.5. The van der Waals surface area contributed by atoms with Gasteiger partial charge in [-0.15, -0.1) is 0 Å². The lowest BCUT2D eigenvalue weighted by molar-refractivity contribution is -0.144. The molecular weight excluding hydrogens is 646 g/mol. The summed E-state index contributed by atoms with van der Waals surface area (Å²) in [4.78, 5) is 56.7. The van der Waals surface area contributed by atoms with Crippen molar-refractivity contribution in [1.29, 1.82) is 0 Å². The molecule has 0 unspecified atom stereocenters. The minimum atomic E-state index is -3.55. The molecule has 12 nitrogen and oxygen atoms in total. The number of sulfone groups is 1. The zero-order valence-corrected chi connectivity index (χ0v) is 32.1. The Bertz CT molecular complexity index is 1360. The van der Waals surface area contributed by atoms with Gasteiger partial charge in [0.25, 0.3) is 5.91 Å². The second-order valence-electron chi connectivity index (χ2n) is 18.0. The summed E-state index contributed by atoms with van der Waals surface area (Å²) in [5.74, 6) is -1.49. The maximum Gasteiger partial charge on any atom is 0.315 e. The molecular formula is C36H63N5O7S. The molecule has 4 rings (SSSR count). The molecule has 0 aromatic rings. The molecule has 0 aromatic heterocycles. The van der Waals surface area contributed by atoms with Crippen LogP contribution in [0.1, 0.15) is 127 Å². The number of piperidine rings is 1. The highest BCUT2D eigenvalue weighted by molar-refractivity contribution is 7.92. The fourth-order valence-electron chi connectivity index (χ4n) is 7.85. The van der Waals surface area contributed by atoms with Crippen molar-refractivity contribution in [3.63, 3.8) is 0 Å². The average Bonchev–Trinajstić information content (AvgIpc) is 3.83. The number of amides is 5. The van der Waals surface area contributed by atoms with E-state index >= 15 is 0 Å². The number of unbranched alkanes of at least 4 members (excludes halogenated alkanes) is 1. The molecule has 4 fully saturated rings. The second kappa shape index (κ2) is 14.3. The van der Waals surface area contributed by atoms with Gasteiger partial charge in [-0.25, -0.2) is 13.2 Å². The third-order valence-electron chi connectivity index (χ3n) is 11.5. The fourth-order valence-corrected chi connectivity index (χ4v) is 9.37. The largest absolute Gasteiger partial charge is 0.381 e. The van der Waals surface area contributed by atoms with Crippen LogP contribution in [0.15, 0.2) is 0 Å². The van der Waals surface area contributed by atoms with Crippen LogP contribution in [0.2, 0.25) is 0 Å². The normalized spacial score (nSPS) is 26.5. The van der Waals surface area contributed by atoms with Crippen LogP contribution in [-0.4, -0.2) is 95.0 Å². The second-order valence-corrected chi connectivity index (χ2v) is 20.7. The van der Waals surface area contributed by atoms with E-state index in [2.05, 4.69) is 35.1 Å². The van der Waals surface area contributed by atoms with E-state index in [9.17, 15) is 32.7 Å². The molecule has 3 saturated carbocycles. The molecule has 0 spiro atoms. The minimum absolute atomic E-state index is 0.0653. The standard InChI is InChI=1S/C36H63N5O7S/c1-10-11-15-24(27(42)30(44)37-22-16-17-22)38-29(43)26-25-23(35(25,8)9)20-41(26)31(45)28(33(2,3)4)39-32(46)40-36(18-13-12-14-19-36)21-49(47,48)34(5,6)7/h22-28,42H,10-21H2,1-9H3,(H,37,44)(H,38,43)(H2,39,40,46)/t23-,24-,25-,26-,27+,28+/m0/s1. The Hall–Kier alpha value is -2.41. The Labute approximate surface area is 294 Å². The van der Waals surface area contributed by atoms with Gasteiger partial charge in [0, 0.05) is 12.6 Å². The van der Waals surface area contributed by atoms with Gasteiger partial charge in [0.15, 0.2) is 15.9 Å². The molecule has 13 heteroatoms. The summed E-state index contributed by atoms with van der Waals surface area (Å²) in [5, 5.41) is 22.7. The van der Waals surface area contributed by atoms with Crippen LogP contribution in [0.4, 0.5) is 4.79 Å². The molecule has 3 aliphatic carbocycles. The number of likely N-dealkylation sites (tertiary alicyclic amines) is 1. The minimum Gasteiger partial charge on any atom is -0.381 e. The SMILES string of the molecule is CCCC[C@H](NC(=O)[C@@H]1[C@@H]2[C@H](CN1C(=O)[C@@H](NC(=O)NC1(CS(=O)(=O)C(C)(C)C)CCCCC1)C(C)(C)C)C2(C)C)[C@@H](O)C(=O)NC1CC1. The first-order valence-corrected chi connectivity index (χ1v) is 20.1. The summed E-state index contributed by atoms with van der Waals surface area (Å²) in [5.41, 5.74) is -1.86. The van der Waals surface area contributed by atoms with E-state index in [4.69, 9.17) is 0 Å². The summed E-state index contributed by atoms with van der Waals surface area (Å²) >= 11 is 0. The number of aliphatic hydroxyl groups excluding tert-OH is 1. The summed E-state index contributed by atoms with van der Waals surface area (Å²) in [6.45, 7) is 17.1. The van der Waals surface area contributed by atoms with Crippen LogP contribution in [0, 0.1) is 22.7 Å². The van der Waals surface area contributed by atoms with E-state index in [0.717, 1.165) is 38.5 Å². The van der Waals surface area contributed by atoms with Crippen LogP contribution in [0.3, 0.4) is 0 Å². The Morgan fingerprint density at radius 1 is 0.959 bits per heavy atom. The molecule has 0 aromatic carbocycles. The highest BCUT2D eigenvalue weighted by Crippen LogP contribution is 2.65. The Morgan fingerprint density at radius 2 is 1.57 bits per heavy atom. The highest BCUT2D eigenvalue weighted by Gasteiger charge is 2.70. The Kier molecular flexibility index (Phi) is 11.5. The van der Waals surface area contributed by atoms with Crippen molar-refractivity contribution in [2.24, 2.45) is 22.7 Å². The Balaban J connectivity index is 1.54. The maximum atomic E-state index is 14.5. The van der Waals surface area contributed by atoms with Crippen LogP contribution in [-0.2, 0) is 24.2 Å². The monoisotopic (exact) mass is 709 g/mol. The van der Waals surface area contributed by atoms with E-state index in [1.807, 2.05) is 27.7 Å². The number of hydrogen-bond acceptors (Lipinski definition) is 7. The van der Waals surface area contributed by atoms with Gasteiger partial charge in [0.1, 0.15) is 12.1 Å². The van der Waals surface area contributed by atoms with Crippen molar-refractivity contribution in [3.05, 3.63) is 0 Å². The number of fused-ring (bicyclic) bond motifs is 1. The lowest BCUT2D eigenvalue weighted by atomic mass is 9.83. The number of hydrogen-bond donors (Lipinski definition) is 5. The fraction of sp³-hybridized carbons (Fsp3) is 0.889. The molecule has 0 radical (unpaired) electrons. The van der Waals surface area contributed by atoms with Crippen molar-refractivity contribution in [2.75, 3.05) is 12.3 Å². The first kappa shape index (κ1) is 39.4. The number of aliphatic hydroxyl groups is 1. The van der Waals surface area contributed by atoms with Gasteiger partial charge >= 0.3 is 6.03 Å². The lowest BCUT2D eigenvalue weighted by Gasteiger charge is -2.41. The van der Waals surface area contributed by atoms with Crippen molar-refractivity contribution < 1.29 is 32.7 Å². The highest BCUT2D eigenvalue weighted by atomic mass is 32.2. The molecule has 5 N–H and O–H groups in total. The number of nitrogens with one attached hydrogen (secondary N) is 4. The molecule has 280 valence electrons. The molecule has 1 saturated heterocycles. The van der Waals surface area contributed by atoms with Gasteiger partial charge in [-0.2, -0.15) is 0 Å². The van der Waals surface area contributed by atoms with E-state index in [1.165, 1.54) is 0 Å². The molecule has 6 atom stereocenters. The molecule has 0 bridgehead atoms. The quantitative estimate of drug-likeness (QED) is 0.195. The summed E-state index contributed by atoms with van der Waals surface area (Å²) in [7, 11) is -3.55. The van der Waals surface area contributed by atoms with Gasteiger partial charge in [-0.3, -0.25) is 14.4 Å². The number of carbonyl (C=O) groups excluding carboxylic acids is 4. The molecule has 49 heavy (non-hydrogen) atoms. The third-order valence-corrected chi connectivity index (χ3v) is 14.3. The smallest absolute Gasteiger partial charge is 0.315 e. The van der Waals surface area contributed by atoms with Crippen LogP contribution in [0.5, 0.6) is 0 Å². The van der Waals surface area contributed by atoms with Crippen LogP contribution >= 0.6 is 0 Å². The molecule has 1 aliphatic heterocycles. The zero-order valence-electron chi connectivity index (χ0n) is 31.3. The number of carbonyl (C=O) groups is 4. The van der Waals surface area contributed by atoms with E-state index in [-0.39, 0.29) is 35.0 Å². The zero-order chi connectivity index (χ0) is 36.7. The number of rotatable bonds is 13. The first-order valence-electron chi connectivity index (χ1n) is 18.4. The number of urea groups is 1. The summed E-state index contributed by atoms with van der Waals surface area (Å²) in [6, 6.07) is -3.17. The van der Waals surface area contributed by atoms with Crippen molar-refractivity contribution in [1.82, 2.24) is 26.2 Å². The lowest BCUT2D eigenvalue weighted by Crippen LogP contribution is -2.64. The van der Waals surface area contributed by atoms with E-state index < -0.39 is 67.6 Å². The number of nitrogens with zero attached hydrogens (tertiary/aromatic N) is 1. The van der Waals surface area contributed by atoms with E-state index in [0.29, 0.717) is 32.2 Å². The molecule has 4 aliphatic rings. The van der Waals surface area contributed by atoms with Gasteiger partial charge in [0.05, 0.1) is 22.1 Å². The van der Waals surface area contributed by atoms with Gasteiger partial charge < -0.3 is 31.3 Å². The molecule has 1 heterocycles. The van der Waals surface area contributed by atoms with Crippen molar-refractivity contribution in [2.45, 2.75) is 167 Å². The van der Waals surface area contributed by atoms with Crippen molar-refractivity contribution >= 4 is 33.6 Å². The average molecular weight is 710 g/mol. The topological polar surface area (TPSA) is 174 Å². The van der Waals surface area contributed by atoms with Gasteiger partial charge in [-0.1, -0.05) is 73.6 Å². The van der Waals surface area contributed by atoms with Gasteiger partial charge in [0.2, 0.25) is 11.8 Å². The predicted octanol–water partition coefficient (Wildman–Crippen LogP) is 3.41.